The van der Waals surface area contributed by atoms with Gasteiger partial charge in [-0.2, -0.15) is 0 Å². The van der Waals surface area contributed by atoms with Crippen molar-refractivity contribution in [2.75, 3.05) is 13.2 Å². The first-order chi connectivity index (χ1) is 13.8. The third-order valence-corrected chi connectivity index (χ3v) is 6.78. The van der Waals surface area contributed by atoms with E-state index in [1.165, 1.54) is 5.57 Å². The number of carbonyl (C=O) groups excluding carboxylic acids is 2. The van der Waals surface area contributed by atoms with Crippen LogP contribution in [0.25, 0.3) is 0 Å². The van der Waals surface area contributed by atoms with Gasteiger partial charge in [0.05, 0.1) is 19.3 Å². The van der Waals surface area contributed by atoms with Crippen molar-refractivity contribution in [1.82, 2.24) is 0 Å². The molecule has 1 aromatic carbocycles. The number of allylic oxidation sites excluding steroid dienone is 1. The standard InChI is InChI=1S/C24H32O5/c1-6-20(25)27-13-24-14-28-23(22(17(24)5)15(3)12-16(24)4)18-10-8-9-11-19(18)29-21(26)7-2/h8-12,16-17,22-23H,6-7,13-14H2,1-5H3/t16-,17+,22+,23-,24-/m1/s1. The summed E-state index contributed by atoms with van der Waals surface area (Å²) in [6, 6.07) is 7.62. The van der Waals surface area contributed by atoms with Crippen LogP contribution in [0.15, 0.2) is 35.9 Å². The number of para-hydroxylation sites is 1. The van der Waals surface area contributed by atoms with E-state index >= 15 is 0 Å². The van der Waals surface area contributed by atoms with Crippen molar-refractivity contribution in [2.45, 2.75) is 53.6 Å². The monoisotopic (exact) mass is 400 g/mol. The van der Waals surface area contributed by atoms with Crippen molar-refractivity contribution >= 4 is 11.9 Å². The summed E-state index contributed by atoms with van der Waals surface area (Å²) in [5, 5.41) is 0. The van der Waals surface area contributed by atoms with Gasteiger partial charge in [-0.15, -0.1) is 0 Å². The average Bonchev–Trinajstić information content (AvgIpc) is 2.71. The zero-order valence-electron chi connectivity index (χ0n) is 18.1. The maximum Gasteiger partial charge on any atom is 0.310 e. The Hall–Kier alpha value is -2.14. The highest BCUT2D eigenvalue weighted by molar-refractivity contribution is 5.72. The Labute approximate surface area is 173 Å². The second-order valence-electron chi connectivity index (χ2n) is 8.36. The van der Waals surface area contributed by atoms with Crippen LogP contribution in [0.1, 0.15) is 59.1 Å². The van der Waals surface area contributed by atoms with Gasteiger partial charge in [0, 0.05) is 29.7 Å². The van der Waals surface area contributed by atoms with Gasteiger partial charge >= 0.3 is 11.9 Å². The number of benzene rings is 1. The van der Waals surface area contributed by atoms with Gasteiger partial charge in [-0.1, -0.05) is 57.5 Å². The van der Waals surface area contributed by atoms with E-state index in [2.05, 4.69) is 26.8 Å². The Balaban J connectivity index is 1.94. The summed E-state index contributed by atoms with van der Waals surface area (Å²) in [6.07, 6.45) is 2.78. The first-order valence-corrected chi connectivity index (χ1v) is 10.6. The molecule has 2 bridgehead atoms. The van der Waals surface area contributed by atoms with Crippen LogP contribution in [-0.2, 0) is 19.1 Å². The molecule has 2 aliphatic rings. The lowest BCUT2D eigenvalue weighted by Crippen LogP contribution is -2.54. The van der Waals surface area contributed by atoms with Crippen LogP contribution >= 0.6 is 0 Å². The molecule has 1 aliphatic carbocycles. The highest BCUT2D eigenvalue weighted by Crippen LogP contribution is 2.57. The molecule has 1 saturated heterocycles. The van der Waals surface area contributed by atoms with Gasteiger partial charge in [0.1, 0.15) is 5.75 Å². The quantitative estimate of drug-likeness (QED) is 0.388. The fourth-order valence-corrected chi connectivity index (χ4v) is 4.86. The Kier molecular flexibility index (Phi) is 6.47. The van der Waals surface area contributed by atoms with Crippen molar-refractivity contribution in [2.24, 2.45) is 23.2 Å². The Morgan fingerprint density at radius 1 is 1.14 bits per heavy atom. The van der Waals surface area contributed by atoms with E-state index in [0.717, 1.165) is 5.56 Å². The summed E-state index contributed by atoms with van der Waals surface area (Å²) in [5.74, 6) is 0.746. The molecule has 5 heteroatoms. The lowest BCUT2D eigenvalue weighted by Gasteiger charge is -2.55. The van der Waals surface area contributed by atoms with Gasteiger partial charge in [-0.3, -0.25) is 9.59 Å². The van der Waals surface area contributed by atoms with E-state index in [9.17, 15) is 9.59 Å². The highest BCUT2D eigenvalue weighted by Gasteiger charge is 2.54. The van der Waals surface area contributed by atoms with Gasteiger partial charge in [0.2, 0.25) is 0 Å². The van der Waals surface area contributed by atoms with Crippen LogP contribution in [-0.4, -0.2) is 25.2 Å². The summed E-state index contributed by atoms with van der Waals surface area (Å²) in [4.78, 5) is 23.7. The Bertz CT molecular complexity index is 798. The molecule has 0 aromatic heterocycles. The number of hydrogen-bond acceptors (Lipinski definition) is 5. The van der Waals surface area contributed by atoms with E-state index in [1.54, 1.807) is 6.92 Å². The number of rotatable bonds is 6. The summed E-state index contributed by atoms with van der Waals surface area (Å²) in [6.45, 7) is 11.0. The van der Waals surface area contributed by atoms with Gasteiger partial charge in [-0.25, -0.2) is 0 Å². The minimum absolute atomic E-state index is 0.127. The number of fused-ring (bicyclic) bond motifs is 2. The molecular weight excluding hydrogens is 368 g/mol. The third kappa shape index (κ3) is 3.97. The molecule has 1 aliphatic heterocycles. The number of hydrogen-bond donors (Lipinski definition) is 0. The normalized spacial score (nSPS) is 31.0. The molecule has 1 fully saturated rings. The van der Waals surface area contributed by atoms with Crippen molar-refractivity contribution < 1.29 is 23.8 Å². The largest absolute Gasteiger partial charge is 0.465 e. The minimum atomic E-state index is -0.258. The highest BCUT2D eigenvalue weighted by atomic mass is 16.5. The zero-order valence-corrected chi connectivity index (χ0v) is 18.1. The van der Waals surface area contributed by atoms with E-state index in [1.807, 2.05) is 31.2 Å². The minimum Gasteiger partial charge on any atom is -0.465 e. The molecule has 5 nitrogen and oxygen atoms in total. The first kappa shape index (κ1) is 21.6. The van der Waals surface area contributed by atoms with E-state index < -0.39 is 0 Å². The molecular formula is C24H32O5. The predicted molar refractivity (Wildman–Crippen MR) is 110 cm³/mol. The molecule has 158 valence electrons. The van der Waals surface area contributed by atoms with Crippen LogP contribution in [0, 0.1) is 23.2 Å². The average molecular weight is 401 g/mol. The number of ether oxygens (including phenoxy) is 3. The van der Waals surface area contributed by atoms with E-state index in [0.29, 0.717) is 31.8 Å². The molecule has 0 amide bonds. The van der Waals surface area contributed by atoms with Crippen LogP contribution in [0.3, 0.4) is 0 Å². The third-order valence-electron chi connectivity index (χ3n) is 6.78. The zero-order chi connectivity index (χ0) is 21.2. The molecule has 0 radical (unpaired) electrons. The fraction of sp³-hybridized carbons (Fsp3) is 0.583. The van der Waals surface area contributed by atoms with Crippen LogP contribution in [0.4, 0.5) is 0 Å². The second-order valence-corrected chi connectivity index (χ2v) is 8.36. The smallest absolute Gasteiger partial charge is 0.310 e. The maximum atomic E-state index is 11.9. The van der Waals surface area contributed by atoms with Gasteiger partial charge in [0.15, 0.2) is 0 Å². The molecule has 5 atom stereocenters. The van der Waals surface area contributed by atoms with Gasteiger partial charge in [-0.05, 0) is 24.8 Å². The van der Waals surface area contributed by atoms with Gasteiger partial charge < -0.3 is 14.2 Å². The molecule has 1 aromatic rings. The molecule has 0 saturated carbocycles. The SMILES string of the molecule is CCC(=O)OC[C@@]12CO[C@H](c3ccccc3OC(=O)CC)[C@@H](C(C)=C[C@H]1C)[C@@H]2C. The molecule has 3 rings (SSSR count). The van der Waals surface area contributed by atoms with Crippen molar-refractivity contribution in [3.8, 4) is 5.75 Å². The van der Waals surface area contributed by atoms with Crippen molar-refractivity contribution in [1.29, 1.82) is 0 Å². The van der Waals surface area contributed by atoms with Crippen LogP contribution in [0.2, 0.25) is 0 Å². The second kappa shape index (κ2) is 8.70. The van der Waals surface area contributed by atoms with E-state index in [-0.39, 0.29) is 41.2 Å². The topological polar surface area (TPSA) is 61.8 Å². The molecule has 29 heavy (non-hydrogen) atoms. The first-order valence-electron chi connectivity index (χ1n) is 10.6. The lowest BCUT2D eigenvalue weighted by atomic mass is 9.56. The van der Waals surface area contributed by atoms with Crippen molar-refractivity contribution in [3.63, 3.8) is 0 Å². The Morgan fingerprint density at radius 3 is 2.52 bits per heavy atom. The molecule has 0 spiro atoms. The summed E-state index contributed by atoms with van der Waals surface area (Å²) in [7, 11) is 0. The molecule has 0 unspecified atom stereocenters. The number of carbonyl (C=O) groups is 2. The predicted octanol–water partition coefficient (Wildman–Crippen LogP) is 4.86. The summed E-state index contributed by atoms with van der Waals surface area (Å²) < 4.78 is 17.6. The van der Waals surface area contributed by atoms with Crippen molar-refractivity contribution in [3.05, 3.63) is 41.5 Å². The maximum absolute atomic E-state index is 11.9. The number of esters is 2. The molecule has 1 heterocycles. The van der Waals surface area contributed by atoms with E-state index in [4.69, 9.17) is 14.2 Å². The molecule has 0 N–H and O–H groups in total. The summed E-state index contributed by atoms with van der Waals surface area (Å²) >= 11 is 0. The van der Waals surface area contributed by atoms with Gasteiger partial charge in [0.25, 0.3) is 0 Å². The lowest BCUT2D eigenvalue weighted by molar-refractivity contribution is -0.182. The van der Waals surface area contributed by atoms with Crippen LogP contribution < -0.4 is 4.74 Å². The summed E-state index contributed by atoms with van der Waals surface area (Å²) in [5.41, 5.74) is 1.91. The Morgan fingerprint density at radius 2 is 1.83 bits per heavy atom. The fourth-order valence-electron chi connectivity index (χ4n) is 4.86. The van der Waals surface area contributed by atoms with Crippen LogP contribution in [0.5, 0.6) is 5.75 Å².